The van der Waals surface area contributed by atoms with Gasteiger partial charge in [0.25, 0.3) is 0 Å². The van der Waals surface area contributed by atoms with Crippen molar-refractivity contribution < 1.29 is 0 Å². The van der Waals surface area contributed by atoms with Gasteiger partial charge in [-0.1, -0.05) is 11.6 Å². The van der Waals surface area contributed by atoms with Crippen LogP contribution in [0.1, 0.15) is 32.4 Å². The van der Waals surface area contributed by atoms with E-state index in [2.05, 4.69) is 25.0 Å². The van der Waals surface area contributed by atoms with Gasteiger partial charge < -0.3 is 5.73 Å². The molecule has 0 aromatic carbocycles. The van der Waals surface area contributed by atoms with Gasteiger partial charge in [-0.2, -0.15) is 5.10 Å². The van der Waals surface area contributed by atoms with E-state index in [-0.39, 0.29) is 6.04 Å². The molecule has 0 fully saturated rings. The van der Waals surface area contributed by atoms with Gasteiger partial charge in [0.2, 0.25) is 0 Å². The first-order chi connectivity index (χ1) is 6.09. The Morgan fingerprint density at radius 2 is 2.38 bits per heavy atom. The van der Waals surface area contributed by atoms with Crippen molar-refractivity contribution in [2.45, 2.75) is 33.4 Å². The summed E-state index contributed by atoms with van der Waals surface area (Å²) in [5, 5.41) is 4.20. The van der Waals surface area contributed by atoms with Gasteiger partial charge in [-0.15, -0.1) is 0 Å². The standard InChI is InChI=1S/C10H17N3/c1-8(2)4-5-13-7-10(6-12-13)9(3)11/h4,6-7,9H,5,11H2,1-3H3. The quantitative estimate of drug-likeness (QED) is 0.720. The Hall–Kier alpha value is -1.09. The molecule has 0 aliphatic heterocycles. The second kappa shape index (κ2) is 4.23. The number of rotatable bonds is 3. The highest BCUT2D eigenvalue weighted by Gasteiger charge is 2.01. The average Bonchev–Trinajstić information content (AvgIpc) is 2.48. The van der Waals surface area contributed by atoms with E-state index in [0.717, 1.165) is 12.1 Å². The monoisotopic (exact) mass is 179 g/mol. The summed E-state index contributed by atoms with van der Waals surface area (Å²) < 4.78 is 1.89. The van der Waals surface area contributed by atoms with E-state index in [1.807, 2.05) is 24.0 Å². The second-order valence-electron chi connectivity index (χ2n) is 3.57. The molecule has 72 valence electrons. The summed E-state index contributed by atoms with van der Waals surface area (Å²) in [7, 11) is 0. The van der Waals surface area contributed by atoms with E-state index in [9.17, 15) is 0 Å². The summed E-state index contributed by atoms with van der Waals surface area (Å²) >= 11 is 0. The molecule has 0 spiro atoms. The number of nitrogens with zero attached hydrogens (tertiary/aromatic N) is 2. The number of allylic oxidation sites excluding steroid dienone is 2. The Labute approximate surface area is 79.2 Å². The summed E-state index contributed by atoms with van der Waals surface area (Å²) in [6.45, 7) is 6.95. The highest BCUT2D eigenvalue weighted by Crippen LogP contribution is 2.07. The average molecular weight is 179 g/mol. The fourth-order valence-electron chi connectivity index (χ4n) is 0.991. The second-order valence-corrected chi connectivity index (χ2v) is 3.57. The molecule has 0 aliphatic carbocycles. The molecular weight excluding hydrogens is 162 g/mol. The van der Waals surface area contributed by atoms with Crippen LogP contribution in [-0.4, -0.2) is 9.78 Å². The Morgan fingerprint density at radius 3 is 2.85 bits per heavy atom. The molecule has 0 saturated heterocycles. The molecule has 3 heteroatoms. The van der Waals surface area contributed by atoms with Crippen LogP contribution in [-0.2, 0) is 6.54 Å². The summed E-state index contributed by atoms with van der Waals surface area (Å²) in [5.41, 5.74) is 8.10. The third kappa shape index (κ3) is 3.03. The lowest BCUT2D eigenvalue weighted by Gasteiger charge is -1.98. The van der Waals surface area contributed by atoms with Crippen LogP contribution < -0.4 is 5.73 Å². The predicted molar refractivity (Wildman–Crippen MR) is 54.3 cm³/mol. The number of hydrogen-bond donors (Lipinski definition) is 1. The van der Waals surface area contributed by atoms with E-state index in [4.69, 9.17) is 5.73 Å². The van der Waals surface area contributed by atoms with Gasteiger partial charge in [0.05, 0.1) is 12.7 Å². The van der Waals surface area contributed by atoms with Crippen LogP contribution in [0.2, 0.25) is 0 Å². The first kappa shape index (κ1) is 9.99. The van der Waals surface area contributed by atoms with E-state index in [1.54, 1.807) is 0 Å². The molecule has 0 amide bonds. The van der Waals surface area contributed by atoms with Crippen molar-refractivity contribution in [3.8, 4) is 0 Å². The number of hydrogen-bond acceptors (Lipinski definition) is 2. The maximum absolute atomic E-state index is 5.71. The van der Waals surface area contributed by atoms with Crippen LogP contribution in [0.25, 0.3) is 0 Å². The van der Waals surface area contributed by atoms with Gasteiger partial charge in [-0.05, 0) is 20.8 Å². The molecule has 2 N–H and O–H groups in total. The maximum atomic E-state index is 5.71. The molecule has 3 nitrogen and oxygen atoms in total. The van der Waals surface area contributed by atoms with Gasteiger partial charge in [-0.25, -0.2) is 0 Å². The third-order valence-electron chi connectivity index (χ3n) is 1.87. The van der Waals surface area contributed by atoms with Gasteiger partial charge >= 0.3 is 0 Å². The highest BCUT2D eigenvalue weighted by atomic mass is 15.3. The lowest BCUT2D eigenvalue weighted by molar-refractivity contribution is 0.696. The minimum absolute atomic E-state index is 0.0699. The first-order valence-electron chi connectivity index (χ1n) is 4.51. The van der Waals surface area contributed by atoms with Gasteiger partial charge in [0, 0.05) is 17.8 Å². The summed E-state index contributed by atoms with van der Waals surface area (Å²) in [6.07, 6.45) is 5.95. The van der Waals surface area contributed by atoms with E-state index >= 15 is 0 Å². The van der Waals surface area contributed by atoms with E-state index < -0.39 is 0 Å². The van der Waals surface area contributed by atoms with Crippen LogP contribution in [0, 0.1) is 0 Å². The predicted octanol–water partition coefficient (Wildman–Crippen LogP) is 1.87. The van der Waals surface area contributed by atoms with E-state index in [1.165, 1.54) is 5.57 Å². The normalized spacial score (nSPS) is 12.6. The maximum Gasteiger partial charge on any atom is 0.0592 e. The molecule has 1 aromatic rings. The smallest absolute Gasteiger partial charge is 0.0592 e. The van der Waals surface area contributed by atoms with Crippen molar-refractivity contribution in [3.63, 3.8) is 0 Å². The van der Waals surface area contributed by atoms with Crippen molar-refractivity contribution >= 4 is 0 Å². The zero-order chi connectivity index (χ0) is 9.84. The summed E-state index contributed by atoms with van der Waals surface area (Å²) in [5.74, 6) is 0. The van der Waals surface area contributed by atoms with Crippen LogP contribution in [0.15, 0.2) is 24.0 Å². The minimum Gasteiger partial charge on any atom is -0.324 e. The Kier molecular flexibility index (Phi) is 3.25. The SMILES string of the molecule is CC(C)=CCn1cc(C(C)N)cn1. The van der Waals surface area contributed by atoms with Crippen LogP contribution >= 0.6 is 0 Å². The van der Waals surface area contributed by atoms with Crippen LogP contribution in [0.3, 0.4) is 0 Å². The number of aromatic nitrogens is 2. The van der Waals surface area contributed by atoms with E-state index in [0.29, 0.717) is 0 Å². The first-order valence-corrected chi connectivity index (χ1v) is 4.51. The minimum atomic E-state index is 0.0699. The van der Waals surface area contributed by atoms with Crippen molar-refractivity contribution in [1.82, 2.24) is 9.78 Å². The van der Waals surface area contributed by atoms with Crippen LogP contribution in [0.5, 0.6) is 0 Å². The Morgan fingerprint density at radius 1 is 1.69 bits per heavy atom. The summed E-state index contributed by atoms with van der Waals surface area (Å²) in [6, 6.07) is 0.0699. The molecule has 13 heavy (non-hydrogen) atoms. The molecule has 0 saturated carbocycles. The van der Waals surface area contributed by atoms with Gasteiger partial charge in [0.15, 0.2) is 0 Å². The lowest BCUT2D eigenvalue weighted by Crippen LogP contribution is -2.03. The molecule has 0 bridgehead atoms. The van der Waals surface area contributed by atoms with Gasteiger partial charge in [-0.3, -0.25) is 4.68 Å². The molecule has 0 radical (unpaired) electrons. The van der Waals surface area contributed by atoms with Crippen molar-refractivity contribution in [2.75, 3.05) is 0 Å². The van der Waals surface area contributed by atoms with Gasteiger partial charge in [0.1, 0.15) is 0 Å². The lowest BCUT2D eigenvalue weighted by atomic mass is 10.2. The molecule has 1 atom stereocenters. The largest absolute Gasteiger partial charge is 0.324 e. The number of nitrogens with two attached hydrogens (primary N) is 1. The molecule has 1 unspecified atom stereocenters. The topological polar surface area (TPSA) is 43.8 Å². The highest BCUT2D eigenvalue weighted by molar-refractivity contribution is 5.08. The third-order valence-corrected chi connectivity index (χ3v) is 1.87. The van der Waals surface area contributed by atoms with Crippen molar-refractivity contribution in [1.29, 1.82) is 0 Å². The zero-order valence-electron chi connectivity index (χ0n) is 8.49. The van der Waals surface area contributed by atoms with Crippen molar-refractivity contribution in [2.24, 2.45) is 5.73 Å². The molecular formula is C10H17N3. The molecule has 1 heterocycles. The van der Waals surface area contributed by atoms with Crippen LogP contribution in [0.4, 0.5) is 0 Å². The fraction of sp³-hybridized carbons (Fsp3) is 0.500. The zero-order valence-corrected chi connectivity index (χ0v) is 8.49. The molecule has 0 aliphatic rings. The van der Waals surface area contributed by atoms with Crippen molar-refractivity contribution in [3.05, 3.63) is 29.6 Å². The Bertz CT molecular complexity index is 293. The fourth-order valence-corrected chi connectivity index (χ4v) is 0.991. The molecule has 1 rings (SSSR count). The Balaban J connectivity index is 2.64. The summed E-state index contributed by atoms with van der Waals surface area (Å²) in [4.78, 5) is 0. The molecule has 1 aromatic heterocycles.